The first kappa shape index (κ1) is 14.5. The van der Waals surface area contributed by atoms with Gasteiger partial charge in [-0.05, 0) is 41.5 Å². The lowest BCUT2D eigenvalue weighted by molar-refractivity contribution is 0.379. The summed E-state index contributed by atoms with van der Waals surface area (Å²) in [6.45, 7) is 12.7. The summed E-state index contributed by atoms with van der Waals surface area (Å²) in [5.41, 5.74) is 12.8. The van der Waals surface area contributed by atoms with E-state index in [1.807, 2.05) is 6.20 Å². The molecule has 0 bridgehead atoms. The topological polar surface area (TPSA) is 48.1 Å². The molecule has 0 amide bonds. The van der Waals surface area contributed by atoms with E-state index in [1.54, 1.807) is 0 Å². The van der Waals surface area contributed by atoms with E-state index in [9.17, 15) is 0 Å². The summed E-state index contributed by atoms with van der Waals surface area (Å²) in [4.78, 5) is 0. The van der Waals surface area contributed by atoms with Gasteiger partial charge in [-0.15, -0.1) is 0 Å². The Morgan fingerprint density at radius 3 is 1.80 bits per heavy atom. The predicted molar refractivity (Wildman–Crippen MR) is 70.1 cm³/mol. The number of hydrazine groups is 2. The van der Waals surface area contributed by atoms with E-state index in [4.69, 9.17) is 0 Å². The van der Waals surface area contributed by atoms with Gasteiger partial charge in [0.15, 0.2) is 0 Å². The minimum atomic E-state index is 0.0792. The monoisotopic (exact) mass is 230 g/mol. The average Bonchev–Trinajstić information content (AvgIpc) is 1.97. The van der Waals surface area contributed by atoms with Gasteiger partial charge < -0.3 is 10.9 Å². The zero-order chi connectivity index (χ0) is 12.1. The van der Waals surface area contributed by atoms with E-state index in [0.29, 0.717) is 0 Å². The van der Waals surface area contributed by atoms with Crippen LogP contribution in [-0.4, -0.2) is 21.3 Å². The molecular formula is C10H26N4Si. The Balaban J connectivity index is 3.81. The summed E-state index contributed by atoms with van der Waals surface area (Å²) in [7, 11) is 0.969. The van der Waals surface area contributed by atoms with Gasteiger partial charge in [0.2, 0.25) is 0 Å². The molecule has 0 spiro atoms. The van der Waals surface area contributed by atoms with Crippen LogP contribution in [0.15, 0.2) is 11.5 Å². The van der Waals surface area contributed by atoms with Crippen LogP contribution in [0.3, 0.4) is 0 Å². The Labute approximate surface area is 96.6 Å². The van der Waals surface area contributed by atoms with E-state index in [1.165, 1.54) is 5.32 Å². The summed E-state index contributed by atoms with van der Waals surface area (Å²) in [6, 6.07) is 0. The molecule has 0 saturated carbocycles. The highest BCUT2D eigenvalue weighted by Gasteiger charge is 2.08. The third-order valence-electron chi connectivity index (χ3n) is 1.37. The van der Waals surface area contributed by atoms with Crippen LogP contribution >= 0.6 is 0 Å². The minimum absolute atomic E-state index is 0.0792. The quantitative estimate of drug-likeness (QED) is 0.404. The van der Waals surface area contributed by atoms with Gasteiger partial charge in [0.05, 0.1) is 10.2 Å². The molecule has 0 atom stereocenters. The molecule has 0 aliphatic heterocycles. The first-order chi connectivity index (χ1) is 6.60. The van der Waals surface area contributed by atoms with Crippen LogP contribution in [0.25, 0.3) is 0 Å². The number of hydrogen-bond donors (Lipinski definition) is 4. The molecule has 0 fully saturated rings. The molecule has 4 nitrogen and oxygen atoms in total. The van der Waals surface area contributed by atoms with Crippen molar-refractivity contribution in [2.45, 2.75) is 52.6 Å². The minimum Gasteiger partial charge on any atom is -0.329 e. The summed E-state index contributed by atoms with van der Waals surface area (Å²) >= 11 is 0. The summed E-state index contributed by atoms with van der Waals surface area (Å²) < 4.78 is 0. The van der Waals surface area contributed by atoms with Gasteiger partial charge in [-0.2, -0.15) is 0 Å². The SMILES string of the molecule is CC(C)(C)NNC=C([SiH3])NNC(C)(C)C. The highest BCUT2D eigenvalue weighted by Crippen LogP contribution is 1.96. The lowest BCUT2D eigenvalue weighted by atomic mass is 10.1. The molecule has 0 aromatic heterocycles. The van der Waals surface area contributed by atoms with E-state index in [2.05, 4.69) is 63.2 Å². The van der Waals surface area contributed by atoms with E-state index < -0.39 is 0 Å². The van der Waals surface area contributed by atoms with Crippen molar-refractivity contribution in [3.63, 3.8) is 0 Å². The van der Waals surface area contributed by atoms with Crippen molar-refractivity contribution in [3.8, 4) is 0 Å². The molecule has 0 rings (SSSR count). The van der Waals surface area contributed by atoms with Crippen molar-refractivity contribution in [3.05, 3.63) is 11.5 Å². The van der Waals surface area contributed by atoms with Gasteiger partial charge in [0.1, 0.15) is 0 Å². The summed E-state index contributed by atoms with van der Waals surface area (Å²) in [5, 5.41) is 1.17. The first-order valence-electron chi connectivity index (χ1n) is 5.33. The van der Waals surface area contributed by atoms with E-state index in [0.717, 1.165) is 10.2 Å². The van der Waals surface area contributed by atoms with E-state index in [-0.39, 0.29) is 11.1 Å². The zero-order valence-corrected chi connectivity index (χ0v) is 13.1. The Hall–Kier alpha value is -0.523. The Kier molecular flexibility index (Phi) is 5.34. The molecule has 0 aromatic carbocycles. The Morgan fingerprint density at radius 1 is 0.933 bits per heavy atom. The molecule has 90 valence electrons. The molecule has 0 saturated heterocycles. The number of hydrogen-bond acceptors (Lipinski definition) is 4. The molecule has 0 aromatic rings. The Morgan fingerprint density at radius 2 is 1.40 bits per heavy atom. The standard InChI is InChI=1S/C10H26N4Si/c1-9(2,3)13-11-7-8(15)12-14-10(4,5)6/h7,11-14H,1-6,15H3. The van der Waals surface area contributed by atoms with Crippen LogP contribution < -0.4 is 21.7 Å². The second-order valence-corrected chi connectivity index (χ2v) is 6.92. The van der Waals surface area contributed by atoms with Crippen LogP contribution in [0.5, 0.6) is 0 Å². The molecule has 0 radical (unpaired) electrons. The lowest BCUT2D eigenvalue weighted by Crippen LogP contribution is -2.47. The molecule has 5 heteroatoms. The third kappa shape index (κ3) is 11.4. The van der Waals surface area contributed by atoms with Gasteiger partial charge in [-0.3, -0.25) is 0 Å². The van der Waals surface area contributed by atoms with Crippen molar-refractivity contribution in [1.82, 2.24) is 21.7 Å². The second kappa shape index (κ2) is 5.53. The summed E-state index contributed by atoms with van der Waals surface area (Å²) in [5.74, 6) is 0. The van der Waals surface area contributed by atoms with Gasteiger partial charge in [-0.1, -0.05) is 0 Å². The van der Waals surface area contributed by atoms with Crippen LogP contribution in [0.4, 0.5) is 0 Å². The van der Waals surface area contributed by atoms with Gasteiger partial charge >= 0.3 is 0 Å². The molecule has 4 N–H and O–H groups in total. The smallest absolute Gasteiger partial charge is 0.0627 e. The first-order valence-corrected chi connectivity index (χ1v) is 6.33. The van der Waals surface area contributed by atoms with Crippen molar-refractivity contribution in [2.75, 3.05) is 0 Å². The largest absolute Gasteiger partial charge is 0.329 e. The molecule has 0 unspecified atom stereocenters. The maximum atomic E-state index is 3.22. The third-order valence-corrected chi connectivity index (χ3v) is 1.91. The lowest BCUT2D eigenvalue weighted by Gasteiger charge is -2.23. The van der Waals surface area contributed by atoms with Crippen LogP contribution in [-0.2, 0) is 0 Å². The van der Waals surface area contributed by atoms with E-state index >= 15 is 0 Å². The average molecular weight is 230 g/mol. The van der Waals surface area contributed by atoms with Gasteiger partial charge in [-0.25, -0.2) is 10.9 Å². The zero-order valence-electron chi connectivity index (χ0n) is 11.1. The Bertz CT molecular complexity index is 212. The molecule has 0 aliphatic carbocycles. The molecule has 15 heavy (non-hydrogen) atoms. The van der Waals surface area contributed by atoms with Crippen LogP contribution in [0.1, 0.15) is 41.5 Å². The highest BCUT2D eigenvalue weighted by molar-refractivity contribution is 6.21. The van der Waals surface area contributed by atoms with Crippen molar-refractivity contribution >= 4 is 10.2 Å². The molecule has 0 heterocycles. The fourth-order valence-corrected chi connectivity index (χ4v) is 0.952. The fraction of sp³-hybridized carbons (Fsp3) is 0.800. The van der Waals surface area contributed by atoms with Crippen LogP contribution in [0.2, 0.25) is 0 Å². The number of nitrogens with one attached hydrogen (secondary N) is 4. The van der Waals surface area contributed by atoms with Crippen molar-refractivity contribution in [1.29, 1.82) is 0 Å². The maximum absolute atomic E-state index is 3.22. The summed E-state index contributed by atoms with van der Waals surface area (Å²) in [6.07, 6.45) is 1.95. The normalized spacial score (nSPS) is 14.1. The van der Waals surface area contributed by atoms with Gasteiger partial charge in [0.25, 0.3) is 0 Å². The number of rotatable bonds is 4. The highest BCUT2D eigenvalue weighted by atomic mass is 28.1. The maximum Gasteiger partial charge on any atom is 0.0627 e. The molecule has 0 aliphatic rings. The van der Waals surface area contributed by atoms with Crippen molar-refractivity contribution in [2.24, 2.45) is 0 Å². The fourth-order valence-electron chi connectivity index (χ4n) is 0.683. The predicted octanol–water partition coefficient (Wildman–Crippen LogP) is -0.0639. The molecular weight excluding hydrogens is 204 g/mol. The van der Waals surface area contributed by atoms with Gasteiger partial charge in [0, 0.05) is 22.6 Å². The van der Waals surface area contributed by atoms with Crippen molar-refractivity contribution < 1.29 is 0 Å². The second-order valence-electron chi connectivity index (χ2n) is 5.85. The van der Waals surface area contributed by atoms with Crippen LogP contribution in [0, 0.1) is 0 Å².